The molecule has 0 radical (unpaired) electrons. The molecule has 2 rings (SSSR count). The Labute approximate surface area is 80.6 Å². The number of hydrogen-bond donors (Lipinski definition) is 0. The van der Waals surface area contributed by atoms with E-state index in [4.69, 9.17) is 9.47 Å². The Hall–Kier alpha value is -0.350. The van der Waals surface area contributed by atoms with E-state index in [-0.39, 0.29) is 6.10 Å². The lowest BCUT2D eigenvalue weighted by Gasteiger charge is -2.02. The van der Waals surface area contributed by atoms with Crippen LogP contribution in [0.15, 0.2) is 10.7 Å². The number of ether oxygens (including phenoxy) is 2. The molecule has 13 heavy (non-hydrogen) atoms. The molecule has 2 aliphatic rings. The van der Waals surface area contributed by atoms with E-state index in [9.17, 15) is 4.21 Å². The van der Waals surface area contributed by atoms with E-state index in [1.165, 1.54) is 0 Å². The van der Waals surface area contributed by atoms with Crippen LogP contribution in [-0.2, 0) is 20.3 Å². The van der Waals surface area contributed by atoms with Crippen molar-refractivity contribution in [3.8, 4) is 0 Å². The summed E-state index contributed by atoms with van der Waals surface area (Å²) in [5.74, 6) is 1.59. The smallest absolute Gasteiger partial charge is 0.139 e. The summed E-state index contributed by atoms with van der Waals surface area (Å²) in [6.45, 7) is 3.26. The SMILES string of the molecule is CCCS(=O)C1=C2OCCC2OC1. The molecule has 2 unspecified atom stereocenters. The third-order valence-corrected chi connectivity index (χ3v) is 3.93. The fourth-order valence-corrected chi connectivity index (χ4v) is 2.88. The Morgan fingerprint density at radius 1 is 1.62 bits per heavy atom. The summed E-state index contributed by atoms with van der Waals surface area (Å²) in [4.78, 5) is 0.893. The zero-order valence-electron chi connectivity index (χ0n) is 7.75. The molecule has 0 aromatic rings. The van der Waals surface area contributed by atoms with Crippen LogP contribution in [0.25, 0.3) is 0 Å². The fraction of sp³-hybridized carbons (Fsp3) is 0.778. The molecule has 0 aromatic carbocycles. The maximum Gasteiger partial charge on any atom is 0.139 e. The average Bonchev–Trinajstić information content (AvgIpc) is 2.62. The molecular weight excluding hydrogens is 188 g/mol. The van der Waals surface area contributed by atoms with E-state index < -0.39 is 10.8 Å². The second-order valence-electron chi connectivity index (χ2n) is 3.27. The molecule has 2 heterocycles. The third-order valence-electron chi connectivity index (χ3n) is 2.28. The van der Waals surface area contributed by atoms with Crippen LogP contribution in [0.1, 0.15) is 19.8 Å². The maximum absolute atomic E-state index is 11.7. The Kier molecular flexibility index (Phi) is 2.69. The van der Waals surface area contributed by atoms with Crippen molar-refractivity contribution in [2.75, 3.05) is 19.0 Å². The lowest BCUT2D eigenvalue weighted by atomic mass is 10.3. The van der Waals surface area contributed by atoms with Crippen LogP contribution in [0.5, 0.6) is 0 Å². The molecule has 0 saturated carbocycles. The van der Waals surface area contributed by atoms with Gasteiger partial charge >= 0.3 is 0 Å². The van der Waals surface area contributed by atoms with Crippen molar-refractivity contribution in [1.82, 2.24) is 0 Å². The van der Waals surface area contributed by atoms with Crippen LogP contribution in [0.4, 0.5) is 0 Å². The molecular formula is C9H14O3S. The largest absolute Gasteiger partial charge is 0.494 e. The third kappa shape index (κ3) is 1.65. The molecule has 0 aliphatic carbocycles. The minimum atomic E-state index is -0.876. The lowest BCUT2D eigenvalue weighted by Crippen LogP contribution is -2.03. The first-order chi connectivity index (χ1) is 6.33. The highest BCUT2D eigenvalue weighted by atomic mass is 32.2. The maximum atomic E-state index is 11.7. The number of rotatable bonds is 3. The molecule has 1 saturated heterocycles. The van der Waals surface area contributed by atoms with Gasteiger partial charge in [-0.2, -0.15) is 0 Å². The molecule has 0 bridgehead atoms. The van der Waals surface area contributed by atoms with Gasteiger partial charge in [0.15, 0.2) is 0 Å². The van der Waals surface area contributed by atoms with Crippen molar-refractivity contribution >= 4 is 10.8 Å². The number of fused-ring (bicyclic) bond motifs is 1. The van der Waals surface area contributed by atoms with Crippen molar-refractivity contribution in [3.63, 3.8) is 0 Å². The Morgan fingerprint density at radius 3 is 3.23 bits per heavy atom. The zero-order valence-corrected chi connectivity index (χ0v) is 8.56. The molecule has 0 N–H and O–H groups in total. The van der Waals surface area contributed by atoms with Crippen LogP contribution < -0.4 is 0 Å². The van der Waals surface area contributed by atoms with Crippen molar-refractivity contribution in [2.45, 2.75) is 25.9 Å². The summed E-state index contributed by atoms with van der Waals surface area (Å²) in [5.41, 5.74) is 0. The summed E-state index contributed by atoms with van der Waals surface area (Å²) in [6.07, 6.45) is 1.96. The van der Waals surface area contributed by atoms with Gasteiger partial charge in [-0.05, 0) is 6.42 Å². The second-order valence-corrected chi connectivity index (χ2v) is 4.87. The van der Waals surface area contributed by atoms with Crippen molar-refractivity contribution in [2.24, 2.45) is 0 Å². The molecule has 3 nitrogen and oxygen atoms in total. The molecule has 1 fully saturated rings. The predicted molar refractivity (Wildman–Crippen MR) is 50.6 cm³/mol. The van der Waals surface area contributed by atoms with Crippen LogP contribution in [0.2, 0.25) is 0 Å². The van der Waals surface area contributed by atoms with Gasteiger partial charge in [-0.3, -0.25) is 4.21 Å². The van der Waals surface area contributed by atoms with Gasteiger partial charge in [0.25, 0.3) is 0 Å². The molecule has 2 aliphatic heterocycles. The van der Waals surface area contributed by atoms with Crippen LogP contribution in [0, 0.1) is 0 Å². The van der Waals surface area contributed by atoms with Gasteiger partial charge in [0.2, 0.25) is 0 Å². The Bertz CT molecular complexity index is 260. The van der Waals surface area contributed by atoms with Gasteiger partial charge in [-0.1, -0.05) is 6.92 Å². The van der Waals surface area contributed by atoms with Gasteiger partial charge in [-0.25, -0.2) is 0 Å². The normalized spacial score (nSPS) is 28.8. The molecule has 0 aromatic heterocycles. The molecule has 4 heteroatoms. The minimum Gasteiger partial charge on any atom is -0.494 e. The highest BCUT2D eigenvalue weighted by Gasteiger charge is 2.34. The highest BCUT2D eigenvalue weighted by molar-refractivity contribution is 7.89. The molecule has 2 atom stereocenters. The molecule has 0 spiro atoms. The van der Waals surface area contributed by atoms with E-state index in [1.54, 1.807) is 0 Å². The second kappa shape index (κ2) is 3.80. The Balaban J connectivity index is 2.13. The van der Waals surface area contributed by atoms with Gasteiger partial charge in [-0.15, -0.1) is 0 Å². The first-order valence-electron chi connectivity index (χ1n) is 4.68. The van der Waals surface area contributed by atoms with Gasteiger partial charge in [0.05, 0.1) is 28.9 Å². The number of hydrogen-bond acceptors (Lipinski definition) is 3. The van der Waals surface area contributed by atoms with E-state index in [1.807, 2.05) is 6.92 Å². The average molecular weight is 202 g/mol. The standard InChI is InChI=1S/C9H14O3S/c1-2-5-13(10)8-6-12-7-3-4-11-9(7)8/h7H,2-6H2,1H3. The molecule has 0 amide bonds. The van der Waals surface area contributed by atoms with Crippen molar-refractivity contribution < 1.29 is 13.7 Å². The summed E-state index contributed by atoms with van der Waals surface area (Å²) < 4.78 is 22.6. The van der Waals surface area contributed by atoms with E-state index in [2.05, 4.69) is 0 Å². The quantitative estimate of drug-likeness (QED) is 0.689. The summed E-state index contributed by atoms with van der Waals surface area (Å²) in [7, 11) is -0.876. The fourth-order valence-electron chi connectivity index (χ4n) is 1.65. The van der Waals surface area contributed by atoms with Gasteiger partial charge in [0, 0.05) is 12.2 Å². The van der Waals surface area contributed by atoms with Crippen LogP contribution >= 0.6 is 0 Å². The van der Waals surface area contributed by atoms with Gasteiger partial charge in [0.1, 0.15) is 11.9 Å². The minimum absolute atomic E-state index is 0.107. The predicted octanol–water partition coefficient (Wildman–Crippen LogP) is 1.18. The zero-order chi connectivity index (χ0) is 9.26. The van der Waals surface area contributed by atoms with Gasteiger partial charge < -0.3 is 9.47 Å². The molecule has 74 valence electrons. The summed E-state index contributed by atoms with van der Waals surface area (Å²) >= 11 is 0. The highest BCUT2D eigenvalue weighted by Crippen LogP contribution is 2.31. The van der Waals surface area contributed by atoms with Crippen molar-refractivity contribution in [3.05, 3.63) is 10.7 Å². The first-order valence-corrected chi connectivity index (χ1v) is 6.00. The topological polar surface area (TPSA) is 35.5 Å². The monoisotopic (exact) mass is 202 g/mol. The summed E-state index contributed by atoms with van der Waals surface area (Å²) in [5, 5.41) is 0. The summed E-state index contributed by atoms with van der Waals surface area (Å²) in [6, 6.07) is 0. The van der Waals surface area contributed by atoms with Crippen LogP contribution in [-0.4, -0.2) is 29.3 Å². The first kappa shape index (κ1) is 9.21. The van der Waals surface area contributed by atoms with Crippen LogP contribution in [0.3, 0.4) is 0 Å². The van der Waals surface area contributed by atoms with E-state index >= 15 is 0 Å². The Morgan fingerprint density at radius 2 is 2.46 bits per heavy atom. The lowest BCUT2D eigenvalue weighted by molar-refractivity contribution is 0.122. The van der Waals surface area contributed by atoms with E-state index in [0.717, 1.165) is 29.3 Å². The van der Waals surface area contributed by atoms with Crippen molar-refractivity contribution in [1.29, 1.82) is 0 Å². The van der Waals surface area contributed by atoms with E-state index in [0.29, 0.717) is 13.2 Å².